The molecule has 0 unspecified atom stereocenters. The van der Waals surface area contributed by atoms with Crippen LogP contribution in [0.1, 0.15) is 6.92 Å². The molecule has 164 valence electrons. The van der Waals surface area contributed by atoms with Crippen molar-refractivity contribution in [3.05, 3.63) is 66.2 Å². The molecule has 0 saturated heterocycles. The fourth-order valence-corrected chi connectivity index (χ4v) is 5.76. The van der Waals surface area contributed by atoms with Crippen LogP contribution in [0.5, 0.6) is 0 Å². The molecule has 0 aliphatic carbocycles. The summed E-state index contributed by atoms with van der Waals surface area (Å²) in [5.74, 6) is -0.564. The molecule has 0 aliphatic rings. The smallest absolute Gasteiger partial charge is 0.263 e. The van der Waals surface area contributed by atoms with Crippen LogP contribution in [-0.4, -0.2) is 40.0 Å². The van der Waals surface area contributed by atoms with Crippen LogP contribution in [0.2, 0.25) is 0 Å². The standard InChI is InChI=1S/C19H20N4O5S3/c1-14(23(30(2,25)26)16-6-4-3-5-7-16)18(24)21-15-8-10-17(11-9-15)31(27,28)22-19-20-12-13-29-19/h3-14H,1-2H3,(H,20,22)(H,21,24)/t14-/m0/s1. The fourth-order valence-electron chi connectivity index (χ4n) is 2.80. The first-order valence-electron chi connectivity index (χ1n) is 8.95. The van der Waals surface area contributed by atoms with Gasteiger partial charge in [-0.2, -0.15) is 0 Å². The predicted octanol–water partition coefficient (Wildman–Crippen LogP) is 2.74. The molecule has 12 heteroatoms. The monoisotopic (exact) mass is 480 g/mol. The van der Waals surface area contributed by atoms with Crippen LogP contribution >= 0.6 is 11.3 Å². The zero-order valence-corrected chi connectivity index (χ0v) is 19.0. The van der Waals surface area contributed by atoms with Gasteiger partial charge in [0.1, 0.15) is 6.04 Å². The van der Waals surface area contributed by atoms with Crippen molar-refractivity contribution in [3.8, 4) is 0 Å². The van der Waals surface area contributed by atoms with E-state index in [-0.39, 0.29) is 10.0 Å². The minimum Gasteiger partial charge on any atom is -0.324 e. The third-order valence-corrected chi connectivity index (χ3v) is 7.60. The number of hydrogen-bond donors (Lipinski definition) is 2. The summed E-state index contributed by atoms with van der Waals surface area (Å²) >= 11 is 1.15. The average Bonchev–Trinajstić information content (AvgIpc) is 3.20. The second kappa shape index (κ2) is 9.04. The highest BCUT2D eigenvalue weighted by Gasteiger charge is 2.29. The largest absolute Gasteiger partial charge is 0.324 e. The number of rotatable bonds is 8. The van der Waals surface area contributed by atoms with Crippen LogP contribution in [0.4, 0.5) is 16.5 Å². The van der Waals surface area contributed by atoms with Gasteiger partial charge in [-0.05, 0) is 43.3 Å². The highest BCUT2D eigenvalue weighted by atomic mass is 32.2. The number of nitrogens with zero attached hydrogens (tertiary/aromatic N) is 2. The fraction of sp³-hybridized carbons (Fsp3) is 0.158. The van der Waals surface area contributed by atoms with E-state index in [0.29, 0.717) is 11.4 Å². The molecule has 0 saturated carbocycles. The Bertz CT molecular complexity index is 1240. The summed E-state index contributed by atoms with van der Waals surface area (Å²) < 4.78 is 52.7. The molecule has 9 nitrogen and oxygen atoms in total. The van der Waals surface area contributed by atoms with E-state index in [2.05, 4.69) is 15.0 Å². The van der Waals surface area contributed by atoms with Crippen molar-refractivity contribution < 1.29 is 21.6 Å². The number of carbonyl (C=O) groups excluding carboxylic acids is 1. The SMILES string of the molecule is C[C@@H](C(=O)Nc1ccc(S(=O)(=O)Nc2nccs2)cc1)N(c1ccccc1)S(C)(=O)=O. The topological polar surface area (TPSA) is 126 Å². The number of sulfonamides is 2. The minimum atomic E-state index is -3.82. The lowest BCUT2D eigenvalue weighted by molar-refractivity contribution is -0.116. The van der Waals surface area contributed by atoms with Gasteiger partial charge in [0.15, 0.2) is 5.13 Å². The average molecular weight is 481 g/mol. The third-order valence-electron chi connectivity index (χ3n) is 4.19. The Hall–Kier alpha value is -2.96. The summed E-state index contributed by atoms with van der Waals surface area (Å²) in [6.07, 6.45) is 2.51. The number of hydrogen-bond acceptors (Lipinski definition) is 7. The summed E-state index contributed by atoms with van der Waals surface area (Å²) in [6, 6.07) is 12.8. The molecule has 1 atom stereocenters. The van der Waals surface area contributed by atoms with Crippen LogP contribution in [0, 0.1) is 0 Å². The maximum absolute atomic E-state index is 12.7. The second-order valence-electron chi connectivity index (χ2n) is 6.53. The number of aromatic nitrogens is 1. The molecule has 2 N–H and O–H groups in total. The Morgan fingerprint density at radius 1 is 1.03 bits per heavy atom. The zero-order chi connectivity index (χ0) is 22.6. The van der Waals surface area contributed by atoms with Gasteiger partial charge in [0.05, 0.1) is 16.8 Å². The molecule has 1 heterocycles. The van der Waals surface area contributed by atoms with Gasteiger partial charge in [-0.3, -0.25) is 13.8 Å². The summed E-state index contributed by atoms with van der Waals surface area (Å²) in [7, 11) is -7.54. The van der Waals surface area contributed by atoms with Gasteiger partial charge in [0, 0.05) is 17.3 Å². The van der Waals surface area contributed by atoms with Gasteiger partial charge in [-0.15, -0.1) is 11.3 Å². The quantitative estimate of drug-likeness (QED) is 0.511. The van der Waals surface area contributed by atoms with Crippen LogP contribution in [0.25, 0.3) is 0 Å². The Kier molecular flexibility index (Phi) is 6.62. The Labute approximate surface area is 184 Å². The predicted molar refractivity (Wildman–Crippen MR) is 121 cm³/mol. The molecular formula is C19H20N4O5S3. The highest BCUT2D eigenvalue weighted by Crippen LogP contribution is 2.22. The number of anilines is 3. The number of amides is 1. The lowest BCUT2D eigenvalue weighted by atomic mass is 10.2. The van der Waals surface area contributed by atoms with Crippen LogP contribution in [-0.2, 0) is 24.8 Å². The van der Waals surface area contributed by atoms with Gasteiger partial charge in [-0.1, -0.05) is 18.2 Å². The lowest BCUT2D eigenvalue weighted by Gasteiger charge is -2.28. The molecule has 0 spiro atoms. The molecular weight excluding hydrogens is 460 g/mol. The van der Waals surface area contributed by atoms with E-state index in [1.807, 2.05) is 0 Å². The molecule has 0 aliphatic heterocycles. The molecule has 0 bridgehead atoms. The highest BCUT2D eigenvalue weighted by molar-refractivity contribution is 7.93. The number of thiazole rings is 1. The van der Waals surface area contributed by atoms with Gasteiger partial charge >= 0.3 is 0 Å². The van der Waals surface area contributed by atoms with Crippen molar-refractivity contribution in [1.29, 1.82) is 0 Å². The number of para-hydroxylation sites is 1. The van der Waals surface area contributed by atoms with Crippen LogP contribution in [0.15, 0.2) is 71.1 Å². The molecule has 31 heavy (non-hydrogen) atoms. The molecule has 2 aromatic carbocycles. The summed E-state index contributed by atoms with van der Waals surface area (Å²) in [6.45, 7) is 1.47. The summed E-state index contributed by atoms with van der Waals surface area (Å²) in [4.78, 5) is 16.6. The Morgan fingerprint density at radius 3 is 2.23 bits per heavy atom. The Morgan fingerprint density at radius 2 is 1.68 bits per heavy atom. The number of nitrogens with one attached hydrogen (secondary N) is 2. The van der Waals surface area contributed by atoms with E-state index >= 15 is 0 Å². The molecule has 3 rings (SSSR count). The van der Waals surface area contributed by atoms with E-state index in [1.54, 1.807) is 35.7 Å². The van der Waals surface area contributed by atoms with Gasteiger partial charge in [0.25, 0.3) is 10.0 Å². The van der Waals surface area contributed by atoms with Crippen molar-refractivity contribution in [2.24, 2.45) is 0 Å². The van der Waals surface area contributed by atoms with Crippen LogP contribution < -0.4 is 14.3 Å². The molecule has 1 amide bonds. The van der Waals surface area contributed by atoms with Crippen LogP contribution in [0.3, 0.4) is 0 Å². The first-order valence-corrected chi connectivity index (χ1v) is 13.2. The molecule has 0 radical (unpaired) electrons. The minimum absolute atomic E-state index is 0.00389. The van der Waals surface area contributed by atoms with E-state index in [0.717, 1.165) is 21.9 Å². The number of benzene rings is 2. The molecule has 1 aromatic heterocycles. The normalized spacial score (nSPS) is 12.7. The van der Waals surface area contributed by atoms with Gasteiger partial charge in [0.2, 0.25) is 15.9 Å². The molecule has 0 fully saturated rings. The van der Waals surface area contributed by atoms with E-state index in [4.69, 9.17) is 0 Å². The third kappa shape index (κ3) is 5.60. The maximum atomic E-state index is 12.7. The summed E-state index contributed by atoms with van der Waals surface area (Å²) in [5.41, 5.74) is 0.689. The van der Waals surface area contributed by atoms with Crippen molar-refractivity contribution in [2.45, 2.75) is 17.9 Å². The molecule has 3 aromatic rings. The van der Waals surface area contributed by atoms with Gasteiger partial charge < -0.3 is 5.32 Å². The van der Waals surface area contributed by atoms with Crippen molar-refractivity contribution in [3.63, 3.8) is 0 Å². The lowest BCUT2D eigenvalue weighted by Crippen LogP contribution is -2.45. The van der Waals surface area contributed by atoms with Crippen molar-refractivity contribution >= 4 is 53.8 Å². The first-order chi connectivity index (χ1) is 14.6. The van der Waals surface area contributed by atoms with Crippen molar-refractivity contribution in [1.82, 2.24) is 4.98 Å². The van der Waals surface area contributed by atoms with E-state index in [1.165, 1.54) is 37.4 Å². The summed E-state index contributed by atoms with van der Waals surface area (Å²) in [5, 5.41) is 4.51. The first kappa shape index (κ1) is 22.7. The number of carbonyl (C=O) groups is 1. The maximum Gasteiger partial charge on any atom is 0.263 e. The second-order valence-corrected chi connectivity index (χ2v) is 11.0. The zero-order valence-electron chi connectivity index (χ0n) is 16.6. The van der Waals surface area contributed by atoms with Crippen molar-refractivity contribution in [2.75, 3.05) is 20.6 Å². The Balaban J connectivity index is 1.75. The van der Waals surface area contributed by atoms with E-state index < -0.39 is 32.0 Å². The van der Waals surface area contributed by atoms with Gasteiger partial charge in [-0.25, -0.2) is 21.8 Å². The van der Waals surface area contributed by atoms with E-state index in [9.17, 15) is 21.6 Å².